The summed E-state index contributed by atoms with van der Waals surface area (Å²) in [6.07, 6.45) is 4.99. The van der Waals surface area contributed by atoms with E-state index in [1.165, 1.54) is 29.5 Å². The number of carboxylic acid groups (broad SMARTS) is 1. The van der Waals surface area contributed by atoms with Crippen LogP contribution in [-0.2, 0) is 16.0 Å². The number of morpholine rings is 1. The van der Waals surface area contributed by atoms with E-state index in [-0.39, 0.29) is 6.42 Å². The van der Waals surface area contributed by atoms with E-state index in [4.69, 9.17) is 4.74 Å². The lowest BCUT2D eigenvalue weighted by atomic mass is 9.76. The highest BCUT2D eigenvalue weighted by atomic mass is 32.1. The molecule has 2 atom stereocenters. The van der Waals surface area contributed by atoms with Crippen LogP contribution in [0.1, 0.15) is 42.7 Å². The normalized spacial score (nSPS) is 25.3. The smallest absolute Gasteiger partial charge is 0.307 e. The van der Waals surface area contributed by atoms with Crippen molar-refractivity contribution in [1.29, 1.82) is 0 Å². The van der Waals surface area contributed by atoms with Crippen LogP contribution in [0.2, 0.25) is 0 Å². The number of hydrogen-bond acceptors (Lipinski definition) is 4. The topological polar surface area (TPSA) is 49.8 Å². The zero-order chi connectivity index (χ0) is 17.2. The van der Waals surface area contributed by atoms with E-state index in [0.29, 0.717) is 12.0 Å². The van der Waals surface area contributed by atoms with E-state index in [1.54, 1.807) is 11.3 Å². The molecule has 1 aliphatic heterocycles. The summed E-state index contributed by atoms with van der Waals surface area (Å²) in [7, 11) is 0. The van der Waals surface area contributed by atoms with E-state index in [2.05, 4.69) is 28.5 Å². The van der Waals surface area contributed by atoms with Crippen LogP contribution in [0.15, 0.2) is 23.6 Å². The van der Waals surface area contributed by atoms with Gasteiger partial charge in [0.2, 0.25) is 0 Å². The maximum absolute atomic E-state index is 11.5. The van der Waals surface area contributed by atoms with Crippen LogP contribution >= 0.6 is 11.3 Å². The minimum absolute atomic E-state index is 0.121. The van der Waals surface area contributed by atoms with E-state index in [9.17, 15) is 9.90 Å². The second-order valence-corrected chi connectivity index (χ2v) is 8.09. The Balaban J connectivity index is 1.73. The zero-order valence-electron chi connectivity index (χ0n) is 14.4. The van der Waals surface area contributed by atoms with E-state index >= 15 is 0 Å². The van der Waals surface area contributed by atoms with Crippen molar-refractivity contribution in [2.75, 3.05) is 26.3 Å². The average molecular weight is 359 g/mol. The summed E-state index contributed by atoms with van der Waals surface area (Å²) in [6, 6.07) is 7.00. The molecule has 1 N–H and O–H groups in total. The van der Waals surface area contributed by atoms with Gasteiger partial charge in [0.05, 0.1) is 19.6 Å². The molecule has 1 saturated carbocycles. The maximum Gasteiger partial charge on any atom is 0.307 e. The average Bonchev–Trinajstić information content (AvgIpc) is 3.12. The van der Waals surface area contributed by atoms with Crippen LogP contribution in [0.4, 0.5) is 0 Å². The van der Waals surface area contributed by atoms with Gasteiger partial charge in [-0.15, -0.1) is 11.3 Å². The molecule has 2 heterocycles. The highest BCUT2D eigenvalue weighted by molar-refractivity contribution is 7.17. The number of ether oxygens (including phenoxy) is 1. The first kappa shape index (κ1) is 17.0. The molecular formula is C20H25NO3S. The molecule has 0 bridgehead atoms. The molecular weight excluding hydrogens is 334 g/mol. The lowest BCUT2D eigenvalue weighted by Crippen LogP contribution is -2.47. The number of rotatable bonds is 4. The quantitative estimate of drug-likeness (QED) is 0.900. The Hall–Kier alpha value is -1.43. The van der Waals surface area contributed by atoms with Gasteiger partial charge in [-0.25, -0.2) is 0 Å². The second-order valence-electron chi connectivity index (χ2n) is 7.14. The van der Waals surface area contributed by atoms with Gasteiger partial charge < -0.3 is 9.84 Å². The number of hydrogen-bond donors (Lipinski definition) is 1. The molecule has 1 aliphatic carbocycles. The van der Waals surface area contributed by atoms with Gasteiger partial charge in [0.15, 0.2) is 0 Å². The molecule has 0 radical (unpaired) electrons. The Labute approximate surface area is 152 Å². The van der Waals surface area contributed by atoms with Gasteiger partial charge in [-0.1, -0.05) is 18.9 Å². The Morgan fingerprint density at radius 3 is 2.80 bits per heavy atom. The van der Waals surface area contributed by atoms with Gasteiger partial charge in [-0.3, -0.25) is 9.69 Å². The van der Waals surface area contributed by atoms with Crippen LogP contribution in [0.25, 0.3) is 10.1 Å². The molecule has 4 rings (SSSR count). The van der Waals surface area contributed by atoms with E-state index < -0.39 is 5.97 Å². The van der Waals surface area contributed by atoms with Gasteiger partial charge in [-0.2, -0.15) is 0 Å². The van der Waals surface area contributed by atoms with Gasteiger partial charge in [0.25, 0.3) is 0 Å². The molecule has 0 amide bonds. The van der Waals surface area contributed by atoms with E-state index in [0.717, 1.165) is 43.7 Å². The molecule has 1 aromatic heterocycles. The first-order valence-electron chi connectivity index (χ1n) is 9.26. The van der Waals surface area contributed by atoms with Crippen molar-refractivity contribution < 1.29 is 14.6 Å². The first-order valence-corrected chi connectivity index (χ1v) is 10.1. The molecule has 5 heteroatoms. The van der Waals surface area contributed by atoms with Crippen molar-refractivity contribution in [1.82, 2.24) is 4.90 Å². The summed E-state index contributed by atoms with van der Waals surface area (Å²) in [6.45, 7) is 3.62. The fourth-order valence-corrected chi connectivity index (χ4v) is 5.45. The zero-order valence-corrected chi connectivity index (χ0v) is 15.3. The van der Waals surface area contributed by atoms with Crippen molar-refractivity contribution >= 4 is 27.4 Å². The highest BCUT2D eigenvalue weighted by Crippen LogP contribution is 2.40. The summed E-state index contributed by atoms with van der Waals surface area (Å²) >= 11 is 1.69. The molecule has 134 valence electrons. The molecule has 2 unspecified atom stereocenters. The minimum atomic E-state index is -0.737. The van der Waals surface area contributed by atoms with Crippen LogP contribution in [0.3, 0.4) is 0 Å². The van der Waals surface area contributed by atoms with E-state index in [1.807, 2.05) is 0 Å². The third-order valence-electron chi connectivity index (χ3n) is 5.75. The third-order valence-corrected chi connectivity index (χ3v) is 6.64. The van der Waals surface area contributed by atoms with Gasteiger partial charge in [0.1, 0.15) is 0 Å². The number of thiophene rings is 1. The molecule has 25 heavy (non-hydrogen) atoms. The molecule has 1 saturated heterocycles. The Morgan fingerprint density at radius 1 is 1.20 bits per heavy atom. The van der Waals surface area contributed by atoms with Gasteiger partial charge >= 0.3 is 5.97 Å². The Kier molecular flexibility index (Phi) is 5.06. The van der Waals surface area contributed by atoms with Crippen molar-refractivity contribution in [2.45, 2.75) is 44.1 Å². The third kappa shape index (κ3) is 3.46. The number of fused-ring (bicyclic) bond motifs is 1. The largest absolute Gasteiger partial charge is 0.481 e. The summed E-state index contributed by atoms with van der Waals surface area (Å²) in [5, 5.41) is 12.7. The van der Waals surface area contributed by atoms with Gasteiger partial charge in [-0.05, 0) is 52.8 Å². The molecule has 2 aromatic rings. The number of benzene rings is 1. The minimum Gasteiger partial charge on any atom is -0.481 e. The summed E-state index contributed by atoms with van der Waals surface area (Å²) < 4.78 is 6.73. The lowest BCUT2D eigenvalue weighted by molar-refractivity contribution is -0.136. The molecule has 4 nitrogen and oxygen atoms in total. The summed E-state index contributed by atoms with van der Waals surface area (Å²) in [4.78, 5) is 14.1. The van der Waals surface area contributed by atoms with Crippen molar-refractivity contribution in [3.8, 4) is 0 Å². The van der Waals surface area contributed by atoms with Crippen LogP contribution < -0.4 is 0 Å². The number of carbonyl (C=O) groups is 1. The van der Waals surface area contributed by atoms with Crippen molar-refractivity contribution in [2.24, 2.45) is 0 Å². The Bertz CT molecular complexity index is 750. The maximum atomic E-state index is 11.5. The van der Waals surface area contributed by atoms with Crippen molar-refractivity contribution in [3.63, 3.8) is 0 Å². The fourth-order valence-electron chi connectivity index (χ4n) is 4.64. The standard InChI is InChI=1S/C20H25NO3S/c22-20(23)13-17-14(5-6-19-16(17)7-12-25-19)15-3-1-2-4-18(15)21-8-10-24-11-9-21/h5-7,12,15,18H,1-4,8-11,13H2,(H,22,23). The monoisotopic (exact) mass is 359 g/mol. The molecule has 2 aliphatic rings. The van der Waals surface area contributed by atoms with Crippen LogP contribution in [0.5, 0.6) is 0 Å². The molecule has 0 spiro atoms. The predicted molar refractivity (Wildman–Crippen MR) is 101 cm³/mol. The highest BCUT2D eigenvalue weighted by Gasteiger charge is 2.33. The van der Waals surface area contributed by atoms with Crippen LogP contribution in [-0.4, -0.2) is 48.3 Å². The summed E-state index contributed by atoms with van der Waals surface area (Å²) in [5.41, 5.74) is 2.31. The Morgan fingerprint density at radius 2 is 2.00 bits per heavy atom. The SMILES string of the molecule is O=C(O)Cc1c(C2CCCCC2N2CCOCC2)ccc2sccc12. The molecule has 1 aromatic carbocycles. The fraction of sp³-hybridized carbons (Fsp3) is 0.550. The van der Waals surface area contributed by atoms with Crippen LogP contribution in [0, 0.1) is 0 Å². The lowest BCUT2D eigenvalue weighted by Gasteiger charge is -2.42. The van der Waals surface area contributed by atoms with Gasteiger partial charge in [0, 0.05) is 23.8 Å². The molecule has 2 fully saturated rings. The second kappa shape index (κ2) is 7.44. The number of nitrogens with zero attached hydrogens (tertiary/aromatic N) is 1. The van der Waals surface area contributed by atoms with Crippen molar-refractivity contribution in [3.05, 3.63) is 34.7 Å². The first-order chi connectivity index (χ1) is 12.2. The predicted octanol–water partition coefficient (Wildman–Crippen LogP) is 3.89. The number of carboxylic acids is 1. The number of aliphatic carboxylic acids is 1. The summed E-state index contributed by atoms with van der Waals surface area (Å²) in [5.74, 6) is -0.302.